The number of hydrogen-bond acceptors (Lipinski definition) is 3. The van der Waals surface area contributed by atoms with Crippen molar-refractivity contribution < 1.29 is 4.74 Å². The lowest BCUT2D eigenvalue weighted by molar-refractivity contribution is 0.0112. The van der Waals surface area contributed by atoms with Crippen molar-refractivity contribution >= 4 is 0 Å². The fraction of sp³-hybridized carbons (Fsp3) is 0.800. The summed E-state index contributed by atoms with van der Waals surface area (Å²) in [5.74, 6) is 0.679. The molecule has 1 aromatic heterocycles. The number of rotatable bonds is 8. The van der Waals surface area contributed by atoms with Gasteiger partial charge in [-0.15, -0.1) is 0 Å². The van der Waals surface area contributed by atoms with Crippen LogP contribution < -0.4 is 5.32 Å². The lowest BCUT2D eigenvalue weighted by Crippen LogP contribution is -2.25. The highest BCUT2D eigenvalue weighted by Gasteiger charge is 2.17. The Morgan fingerprint density at radius 1 is 1.42 bits per heavy atom. The minimum Gasteiger partial charge on any atom is -0.379 e. The van der Waals surface area contributed by atoms with Gasteiger partial charge in [-0.1, -0.05) is 13.8 Å². The molecule has 4 heteroatoms. The van der Waals surface area contributed by atoms with Crippen molar-refractivity contribution in [2.24, 2.45) is 5.92 Å². The van der Waals surface area contributed by atoms with E-state index in [2.05, 4.69) is 49.7 Å². The normalized spacial score (nSPS) is 12.4. The van der Waals surface area contributed by atoms with Crippen LogP contribution in [0.3, 0.4) is 0 Å². The summed E-state index contributed by atoms with van der Waals surface area (Å²) in [5, 5.41) is 7.93. The topological polar surface area (TPSA) is 39.1 Å². The number of aromatic nitrogens is 2. The smallest absolute Gasteiger partial charge is 0.0640 e. The largest absolute Gasteiger partial charge is 0.379 e. The minimum absolute atomic E-state index is 0.0888. The second kappa shape index (κ2) is 7.06. The predicted molar refractivity (Wildman–Crippen MR) is 79.2 cm³/mol. The van der Waals surface area contributed by atoms with Crippen LogP contribution >= 0.6 is 0 Å². The first kappa shape index (κ1) is 16.2. The summed E-state index contributed by atoms with van der Waals surface area (Å²) < 4.78 is 7.52. The summed E-state index contributed by atoms with van der Waals surface area (Å²) in [6.45, 7) is 13.6. The van der Waals surface area contributed by atoms with E-state index in [9.17, 15) is 0 Å². The molecular formula is C15H29N3O. The molecule has 0 aliphatic rings. The van der Waals surface area contributed by atoms with E-state index < -0.39 is 0 Å². The fourth-order valence-corrected chi connectivity index (χ4v) is 1.86. The first-order valence-corrected chi connectivity index (χ1v) is 7.13. The van der Waals surface area contributed by atoms with E-state index in [-0.39, 0.29) is 5.60 Å². The molecule has 1 N–H and O–H groups in total. The highest BCUT2D eigenvalue weighted by atomic mass is 16.5. The molecule has 110 valence electrons. The van der Waals surface area contributed by atoms with Crippen molar-refractivity contribution in [3.8, 4) is 0 Å². The van der Waals surface area contributed by atoms with Gasteiger partial charge in [0.15, 0.2) is 0 Å². The van der Waals surface area contributed by atoms with Gasteiger partial charge in [0.2, 0.25) is 0 Å². The molecule has 0 unspecified atom stereocenters. The van der Waals surface area contributed by atoms with Gasteiger partial charge in [-0.3, -0.25) is 4.68 Å². The van der Waals surface area contributed by atoms with Crippen molar-refractivity contribution in [3.05, 3.63) is 17.5 Å². The molecule has 0 radical (unpaired) electrons. The first-order chi connectivity index (χ1) is 8.85. The quantitative estimate of drug-likeness (QED) is 0.787. The Kier molecular flexibility index (Phi) is 6.01. The second-order valence-corrected chi connectivity index (χ2v) is 6.22. The van der Waals surface area contributed by atoms with Gasteiger partial charge >= 0.3 is 0 Å². The van der Waals surface area contributed by atoms with Crippen LogP contribution in [0.25, 0.3) is 0 Å². The summed E-state index contributed by atoms with van der Waals surface area (Å²) in [6, 6.07) is 0. The number of ether oxygens (including phenoxy) is 1. The van der Waals surface area contributed by atoms with Crippen molar-refractivity contribution in [2.75, 3.05) is 13.7 Å². The lowest BCUT2D eigenvalue weighted by atomic mass is 10.1. The van der Waals surface area contributed by atoms with Crippen LogP contribution in [0.1, 0.15) is 45.4 Å². The van der Waals surface area contributed by atoms with Gasteiger partial charge in [-0.2, -0.15) is 5.10 Å². The average Bonchev–Trinajstić information content (AvgIpc) is 2.68. The molecule has 1 aromatic rings. The molecule has 19 heavy (non-hydrogen) atoms. The minimum atomic E-state index is -0.0888. The molecular weight excluding hydrogens is 238 g/mol. The molecule has 0 saturated heterocycles. The SMILES string of the molecule is COC(C)(C)CCn1ncc(CNCC(C)C)c1C. The van der Waals surface area contributed by atoms with Crippen molar-refractivity contribution in [1.82, 2.24) is 15.1 Å². The molecule has 0 fully saturated rings. The summed E-state index contributed by atoms with van der Waals surface area (Å²) in [4.78, 5) is 0. The summed E-state index contributed by atoms with van der Waals surface area (Å²) >= 11 is 0. The van der Waals surface area contributed by atoms with Gasteiger partial charge < -0.3 is 10.1 Å². The second-order valence-electron chi connectivity index (χ2n) is 6.22. The molecule has 0 aliphatic heterocycles. The Morgan fingerprint density at radius 2 is 2.11 bits per heavy atom. The standard InChI is InChI=1S/C15H29N3O/c1-12(2)9-16-10-14-11-17-18(13(14)3)8-7-15(4,5)19-6/h11-12,16H,7-10H2,1-6H3. The van der Waals surface area contributed by atoms with E-state index in [0.717, 1.165) is 26.1 Å². The van der Waals surface area contributed by atoms with Crippen LogP contribution in [0, 0.1) is 12.8 Å². The summed E-state index contributed by atoms with van der Waals surface area (Å²) in [7, 11) is 1.76. The molecule has 1 rings (SSSR count). The number of aryl methyl sites for hydroxylation is 1. The van der Waals surface area contributed by atoms with Gasteiger partial charge in [0.25, 0.3) is 0 Å². The van der Waals surface area contributed by atoms with Crippen molar-refractivity contribution in [3.63, 3.8) is 0 Å². The zero-order chi connectivity index (χ0) is 14.5. The fourth-order valence-electron chi connectivity index (χ4n) is 1.86. The maximum absolute atomic E-state index is 5.44. The third-order valence-corrected chi connectivity index (χ3v) is 3.55. The molecule has 0 saturated carbocycles. The van der Waals surface area contributed by atoms with Gasteiger partial charge in [-0.25, -0.2) is 0 Å². The molecule has 0 aromatic carbocycles. The first-order valence-electron chi connectivity index (χ1n) is 7.13. The van der Waals surface area contributed by atoms with Crippen LogP contribution in [0.4, 0.5) is 0 Å². The van der Waals surface area contributed by atoms with E-state index in [1.54, 1.807) is 7.11 Å². The van der Waals surface area contributed by atoms with Gasteiger partial charge in [0.05, 0.1) is 11.8 Å². The number of hydrogen-bond donors (Lipinski definition) is 1. The Bertz CT molecular complexity index is 383. The summed E-state index contributed by atoms with van der Waals surface area (Å²) in [5.41, 5.74) is 2.45. The molecule has 0 bridgehead atoms. The summed E-state index contributed by atoms with van der Waals surface area (Å²) in [6.07, 6.45) is 2.94. The highest BCUT2D eigenvalue weighted by molar-refractivity contribution is 5.15. The number of nitrogens with zero attached hydrogens (tertiary/aromatic N) is 2. The van der Waals surface area contributed by atoms with Crippen LogP contribution in [-0.2, 0) is 17.8 Å². The van der Waals surface area contributed by atoms with E-state index in [0.29, 0.717) is 5.92 Å². The van der Waals surface area contributed by atoms with Crippen LogP contribution in [-0.4, -0.2) is 29.0 Å². The van der Waals surface area contributed by atoms with Gasteiger partial charge in [0, 0.05) is 31.5 Å². The molecule has 0 aliphatic carbocycles. The van der Waals surface area contributed by atoms with E-state index in [1.807, 2.05) is 6.20 Å². The molecule has 4 nitrogen and oxygen atoms in total. The third-order valence-electron chi connectivity index (χ3n) is 3.55. The van der Waals surface area contributed by atoms with Crippen molar-refractivity contribution in [2.45, 2.75) is 59.7 Å². The Hall–Kier alpha value is -0.870. The number of nitrogens with one attached hydrogen (secondary N) is 1. The third kappa shape index (κ3) is 5.33. The zero-order valence-corrected chi connectivity index (χ0v) is 13.3. The molecule has 0 spiro atoms. The maximum atomic E-state index is 5.44. The van der Waals surface area contributed by atoms with E-state index in [4.69, 9.17) is 4.74 Å². The van der Waals surface area contributed by atoms with Crippen LogP contribution in [0.15, 0.2) is 6.20 Å². The molecule has 1 heterocycles. The predicted octanol–water partition coefficient (Wildman–Crippen LogP) is 2.75. The van der Waals surface area contributed by atoms with Gasteiger partial charge in [-0.05, 0) is 39.7 Å². The average molecular weight is 267 g/mol. The Labute approximate surface area is 117 Å². The van der Waals surface area contributed by atoms with E-state index >= 15 is 0 Å². The molecule has 0 atom stereocenters. The highest BCUT2D eigenvalue weighted by Crippen LogP contribution is 2.15. The zero-order valence-electron chi connectivity index (χ0n) is 13.3. The van der Waals surface area contributed by atoms with Gasteiger partial charge in [0.1, 0.15) is 0 Å². The van der Waals surface area contributed by atoms with E-state index in [1.165, 1.54) is 11.3 Å². The van der Waals surface area contributed by atoms with Crippen molar-refractivity contribution in [1.29, 1.82) is 0 Å². The Balaban J connectivity index is 2.51. The maximum Gasteiger partial charge on any atom is 0.0640 e. The Morgan fingerprint density at radius 3 is 2.68 bits per heavy atom. The van der Waals surface area contributed by atoms with Crippen LogP contribution in [0.5, 0.6) is 0 Å². The van der Waals surface area contributed by atoms with Crippen LogP contribution in [0.2, 0.25) is 0 Å². The molecule has 0 amide bonds. The lowest BCUT2D eigenvalue weighted by Gasteiger charge is -2.22. The number of methoxy groups -OCH3 is 1. The monoisotopic (exact) mass is 267 g/mol.